The summed E-state index contributed by atoms with van der Waals surface area (Å²) in [6.07, 6.45) is 1.54. The summed E-state index contributed by atoms with van der Waals surface area (Å²) in [7, 11) is 0. The lowest BCUT2D eigenvalue weighted by Gasteiger charge is -2.19. The molecule has 0 atom stereocenters. The SMILES string of the molecule is Fc1ccccc1-c1n[nH]c(=S)n1/N=C\c1cc(Cl)c2c(c1)OCCO2. The average molecular weight is 391 g/mol. The Morgan fingerprint density at radius 2 is 2.08 bits per heavy atom. The molecule has 0 fully saturated rings. The molecule has 1 aliphatic rings. The summed E-state index contributed by atoms with van der Waals surface area (Å²) in [5, 5.41) is 11.4. The minimum atomic E-state index is -0.416. The minimum absolute atomic E-state index is 0.239. The number of hydrogen-bond donors (Lipinski definition) is 1. The molecule has 0 radical (unpaired) electrons. The molecule has 1 aliphatic heterocycles. The third-order valence-corrected chi connectivity index (χ3v) is 4.25. The summed E-state index contributed by atoms with van der Waals surface area (Å²) in [5.74, 6) is 0.922. The van der Waals surface area contributed by atoms with Gasteiger partial charge in [-0.2, -0.15) is 14.9 Å². The number of ether oxygens (including phenoxy) is 2. The second-order valence-corrected chi connectivity index (χ2v) is 6.21. The lowest BCUT2D eigenvalue weighted by molar-refractivity contribution is 0.171. The molecule has 0 saturated heterocycles. The Bertz CT molecular complexity index is 1060. The topological polar surface area (TPSA) is 64.4 Å². The first-order valence-electron chi connectivity index (χ1n) is 7.69. The fourth-order valence-corrected chi connectivity index (χ4v) is 3.00. The van der Waals surface area contributed by atoms with Crippen LogP contribution in [0, 0.1) is 10.6 Å². The van der Waals surface area contributed by atoms with E-state index in [2.05, 4.69) is 15.3 Å². The van der Waals surface area contributed by atoms with Gasteiger partial charge in [0.2, 0.25) is 4.77 Å². The van der Waals surface area contributed by atoms with Crippen LogP contribution in [0.2, 0.25) is 5.02 Å². The lowest BCUT2D eigenvalue weighted by atomic mass is 10.2. The highest BCUT2D eigenvalue weighted by molar-refractivity contribution is 7.71. The van der Waals surface area contributed by atoms with E-state index in [4.69, 9.17) is 33.3 Å². The Kier molecular flexibility index (Phi) is 4.44. The van der Waals surface area contributed by atoms with Crippen LogP contribution < -0.4 is 9.47 Å². The third-order valence-electron chi connectivity index (χ3n) is 3.71. The number of halogens is 2. The molecule has 132 valence electrons. The zero-order chi connectivity index (χ0) is 18.1. The number of fused-ring (bicyclic) bond motifs is 1. The molecule has 0 bridgehead atoms. The number of nitrogens with one attached hydrogen (secondary N) is 1. The van der Waals surface area contributed by atoms with E-state index >= 15 is 0 Å². The highest BCUT2D eigenvalue weighted by Gasteiger charge is 2.16. The number of hydrogen-bond acceptors (Lipinski definition) is 5. The standard InChI is InChI=1S/C17H12ClFN4O2S/c18-12-7-10(8-14-15(12)25-6-5-24-14)9-20-23-16(21-22-17(23)26)11-3-1-2-4-13(11)19/h1-4,7-9H,5-6H2,(H,22,26)/b20-9-. The van der Waals surface area contributed by atoms with Crippen molar-refractivity contribution in [3.8, 4) is 22.9 Å². The quantitative estimate of drug-likeness (QED) is 0.541. The van der Waals surface area contributed by atoms with Gasteiger partial charge < -0.3 is 9.47 Å². The Labute approximate surface area is 157 Å². The lowest BCUT2D eigenvalue weighted by Crippen LogP contribution is -2.15. The van der Waals surface area contributed by atoms with E-state index in [1.807, 2.05) is 0 Å². The van der Waals surface area contributed by atoms with E-state index in [0.29, 0.717) is 35.3 Å². The van der Waals surface area contributed by atoms with Crippen LogP contribution in [0.5, 0.6) is 11.5 Å². The first-order valence-corrected chi connectivity index (χ1v) is 8.48. The molecular formula is C17H12ClFN4O2S. The number of nitrogens with zero attached hydrogens (tertiary/aromatic N) is 3. The predicted molar refractivity (Wildman–Crippen MR) is 98.2 cm³/mol. The molecular weight excluding hydrogens is 379 g/mol. The molecule has 1 N–H and O–H groups in total. The van der Waals surface area contributed by atoms with Crippen LogP contribution >= 0.6 is 23.8 Å². The highest BCUT2D eigenvalue weighted by atomic mass is 35.5. The summed E-state index contributed by atoms with van der Waals surface area (Å²) < 4.78 is 26.7. The summed E-state index contributed by atoms with van der Waals surface area (Å²) in [5.41, 5.74) is 0.971. The zero-order valence-corrected chi connectivity index (χ0v) is 14.9. The van der Waals surface area contributed by atoms with E-state index in [-0.39, 0.29) is 16.2 Å². The Balaban J connectivity index is 1.73. The van der Waals surface area contributed by atoms with Crippen LogP contribution in [-0.2, 0) is 0 Å². The smallest absolute Gasteiger partial charge is 0.216 e. The summed E-state index contributed by atoms with van der Waals surface area (Å²) in [6.45, 7) is 0.907. The number of aromatic amines is 1. The van der Waals surface area contributed by atoms with Crippen LogP contribution in [-0.4, -0.2) is 34.3 Å². The molecule has 0 saturated carbocycles. The molecule has 6 nitrogen and oxygen atoms in total. The van der Waals surface area contributed by atoms with Gasteiger partial charge in [-0.1, -0.05) is 23.7 Å². The Morgan fingerprint density at radius 1 is 1.27 bits per heavy atom. The van der Waals surface area contributed by atoms with E-state index in [1.165, 1.54) is 10.7 Å². The van der Waals surface area contributed by atoms with Gasteiger partial charge in [0, 0.05) is 0 Å². The van der Waals surface area contributed by atoms with Gasteiger partial charge in [0.25, 0.3) is 0 Å². The van der Waals surface area contributed by atoms with Gasteiger partial charge in [0.15, 0.2) is 17.3 Å². The Morgan fingerprint density at radius 3 is 2.92 bits per heavy atom. The van der Waals surface area contributed by atoms with Gasteiger partial charge in [0.1, 0.15) is 19.0 Å². The number of benzene rings is 2. The van der Waals surface area contributed by atoms with E-state index < -0.39 is 5.82 Å². The second kappa shape index (κ2) is 6.89. The number of rotatable bonds is 3. The van der Waals surface area contributed by atoms with E-state index in [0.717, 1.165) is 0 Å². The molecule has 26 heavy (non-hydrogen) atoms. The normalized spacial score (nSPS) is 13.3. The molecule has 4 rings (SSSR count). The molecule has 0 unspecified atom stereocenters. The van der Waals surface area contributed by atoms with Gasteiger partial charge in [0.05, 0.1) is 16.8 Å². The molecule has 0 spiro atoms. The molecule has 2 aromatic carbocycles. The van der Waals surface area contributed by atoms with Crippen LogP contribution in [0.1, 0.15) is 5.56 Å². The average Bonchev–Trinajstić information content (AvgIpc) is 3.01. The second-order valence-electron chi connectivity index (χ2n) is 5.42. The zero-order valence-electron chi connectivity index (χ0n) is 13.3. The monoisotopic (exact) mass is 390 g/mol. The third kappa shape index (κ3) is 3.09. The molecule has 0 amide bonds. The maximum absolute atomic E-state index is 14.1. The molecule has 9 heteroatoms. The van der Waals surface area contributed by atoms with Crippen molar-refractivity contribution in [3.63, 3.8) is 0 Å². The largest absolute Gasteiger partial charge is 0.486 e. The van der Waals surface area contributed by atoms with Crippen molar-refractivity contribution in [2.75, 3.05) is 13.2 Å². The van der Waals surface area contributed by atoms with Crippen molar-refractivity contribution < 1.29 is 13.9 Å². The maximum atomic E-state index is 14.1. The minimum Gasteiger partial charge on any atom is -0.486 e. The van der Waals surface area contributed by atoms with Crippen LogP contribution in [0.4, 0.5) is 4.39 Å². The van der Waals surface area contributed by atoms with Gasteiger partial charge >= 0.3 is 0 Å². The van der Waals surface area contributed by atoms with Crippen molar-refractivity contribution in [3.05, 3.63) is 57.6 Å². The van der Waals surface area contributed by atoms with Gasteiger partial charge in [-0.25, -0.2) is 9.49 Å². The van der Waals surface area contributed by atoms with Crippen LogP contribution in [0.15, 0.2) is 41.5 Å². The molecule has 1 aromatic heterocycles. The van der Waals surface area contributed by atoms with Crippen molar-refractivity contribution in [1.82, 2.24) is 14.9 Å². The molecule has 0 aliphatic carbocycles. The van der Waals surface area contributed by atoms with Gasteiger partial charge in [-0.05, 0) is 42.0 Å². The fourth-order valence-electron chi connectivity index (χ4n) is 2.55. The summed E-state index contributed by atoms with van der Waals surface area (Å²) in [4.78, 5) is 0. The molecule has 3 aromatic rings. The summed E-state index contributed by atoms with van der Waals surface area (Å²) in [6, 6.07) is 9.73. The van der Waals surface area contributed by atoms with Crippen molar-refractivity contribution >= 4 is 30.0 Å². The maximum Gasteiger partial charge on any atom is 0.216 e. The van der Waals surface area contributed by atoms with Gasteiger partial charge in [-0.15, -0.1) is 0 Å². The highest BCUT2D eigenvalue weighted by Crippen LogP contribution is 2.38. The first-order chi connectivity index (χ1) is 12.6. The van der Waals surface area contributed by atoms with Crippen molar-refractivity contribution in [2.24, 2.45) is 5.10 Å². The first kappa shape index (κ1) is 16.7. The fraction of sp³-hybridized carbons (Fsp3) is 0.118. The number of H-pyrrole nitrogens is 1. The van der Waals surface area contributed by atoms with Gasteiger partial charge in [-0.3, -0.25) is 0 Å². The Hall–Kier alpha value is -2.71. The van der Waals surface area contributed by atoms with E-state index in [1.54, 1.807) is 36.5 Å². The predicted octanol–water partition coefficient (Wildman–Crippen LogP) is 4.05. The van der Waals surface area contributed by atoms with Crippen LogP contribution in [0.25, 0.3) is 11.4 Å². The summed E-state index contributed by atoms with van der Waals surface area (Å²) >= 11 is 11.4. The van der Waals surface area contributed by atoms with Crippen molar-refractivity contribution in [1.29, 1.82) is 0 Å². The van der Waals surface area contributed by atoms with Crippen molar-refractivity contribution in [2.45, 2.75) is 0 Å². The van der Waals surface area contributed by atoms with E-state index in [9.17, 15) is 4.39 Å². The van der Waals surface area contributed by atoms with Crippen LogP contribution in [0.3, 0.4) is 0 Å². The molecule has 2 heterocycles. The number of aromatic nitrogens is 3.